The first kappa shape index (κ1) is 16.2. The molecule has 2 aromatic rings. The fourth-order valence-electron chi connectivity index (χ4n) is 4.36. The largest absolute Gasteiger partial charge is 0.340 e. The number of pyridine rings is 1. The number of amides is 1. The van der Waals surface area contributed by atoms with Crippen molar-refractivity contribution in [3.63, 3.8) is 0 Å². The van der Waals surface area contributed by atoms with E-state index in [0.717, 1.165) is 56.0 Å². The predicted octanol–water partition coefficient (Wildman–Crippen LogP) is 2.72. The Kier molecular flexibility index (Phi) is 4.27. The molecule has 0 saturated carbocycles. The zero-order valence-corrected chi connectivity index (χ0v) is 14.9. The molecule has 0 aromatic carbocycles. The van der Waals surface area contributed by atoms with Crippen molar-refractivity contribution in [1.82, 2.24) is 24.6 Å². The standard InChI is InChI=1S/C19H25N5O/c1-3-13(4-2)19(25)23-11-15-5-6-17-21-22-18(24(17)16(15)12-23)14-7-9-20-10-8-14/h7-10,13,15-16H,3-6,11-12H2,1-2H3/t15-,16+/m1/s1. The van der Waals surface area contributed by atoms with Crippen LogP contribution in [0.15, 0.2) is 24.5 Å². The second kappa shape index (κ2) is 6.58. The van der Waals surface area contributed by atoms with Crippen LogP contribution in [-0.2, 0) is 11.2 Å². The molecule has 2 aliphatic heterocycles. The lowest BCUT2D eigenvalue weighted by molar-refractivity contribution is -0.134. The van der Waals surface area contributed by atoms with Crippen LogP contribution in [0.25, 0.3) is 11.4 Å². The molecule has 2 aromatic heterocycles. The summed E-state index contributed by atoms with van der Waals surface area (Å²) in [5.74, 6) is 2.93. The summed E-state index contributed by atoms with van der Waals surface area (Å²) in [7, 11) is 0. The normalized spacial score (nSPS) is 22.1. The van der Waals surface area contributed by atoms with E-state index in [2.05, 4.69) is 38.5 Å². The Morgan fingerprint density at radius 2 is 1.96 bits per heavy atom. The number of rotatable bonds is 4. The maximum atomic E-state index is 12.8. The molecular weight excluding hydrogens is 314 g/mol. The highest BCUT2D eigenvalue weighted by molar-refractivity contribution is 5.79. The monoisotopic (exact) mass is 339 g/mol. The third-order valence-electron chi connectivity index (χ3n) is 5.83. The van der Waals surface area contributed by atoms with E-state index in [1.165, 1.54) is 0 Å². The van der Waals surface area contributed by atoms with Gasteiger partial charge in [-0.15, -0.1) is 10.2 Å². The molecule has 4 rings (SSSR count). The van der Waals surface area contributed by atoms with Gasteiger partial charge in [-0.1, -0.05) is 13.8 Å². The van der Waals surface area contributed by atoms with Gasteiger partial charge in [-0.2, -0.15) is 0 Å². The van der Waals surface area contributed by atoms with Crippen molar-refractivity contribution >= 4 is 5.91 Å². The molecule has 0 unspecified atom stereocenters. The van der Waals surface area contributed by atoms with Gasteiger partial charge in [0.1, 0.15) is 5.82 Å². The van der Waals surface area contributed by atoms with Gasteiger partial charge < -0.3 is 9.47 Å². The van der Waals surface area contributed by atoms with Gasteiger partial charge in [-0.05, 0) is 37.3 Å². The lowest BCUT2D eigenvalue weighted by atomic mass is 9.93. The van der Waals surface area contributed by atoms with Gasteiger partial charge in [0.15, 0.2) is 5.82 Å². The first-order valence-electron chi connectivity index (χ1n) is 9.35. The van der Waals surface area contributed by atoms with Gasteiger partial charge >= 0.3 is 0 Å². The zero-order valence-electron chi connectivity index (χ0n) is 14.9. The van der Waals surface area contributed by atoms with E-state index in [0.29, 0.717) is 17.9 Å². The average molecular weight is 339 g/mol. The van der Waals surface area contributed by atoms with Gasteiger partial charge in [-0.3, -0.25) is 9.78 Å². The molecule has 25 heavy (non-hydrogen) atoms. The van der Waals surface area contributed by atoms with Crippen molar-refractivity contribution in [3.8, 4) is 11.4 Å². The molecule has 1 amide bonds. The smallest absolute Gasteiger partial charge is 0.225 e. The van der Waals surface area contributed by atoms with E-state index in [9.17, 15) is 4.79 Å². The Morgan fingerprint density at radius 3 is 2.68 bits per heavy atom. The van der Waals surface area contributed by atoms with Gasteiger partial charge in [0.05, 0.1) is 6.04 Å². The van der Waals surface area contributed by atoms with Gasteiger partial charge in [0.25, 0.3) is 0 Å². The molecule has 1 saturated heterocycles. The molecule has 6 heteroatoms. The number of hydrogen-bond acceptors (Lipinski definition) is 4. The minimum atomic E-state index is 0.153. The third-order valence-corrected chi connectivity index (χ3v) is 5.83. The van der Waals surface area contributed by atoms with Gasteiger partial charge in [0.2, 0.25) is 5.91 Å². The summed E-state index contributed by atoms with van der Waals surface area (Å²) < 4.78 is 2.28. The molecule has 2 atom stereocenters. The van der Waals surface area contributed by atoms with Crippen molar-refractivity contribution in [2.75, 3.05) is 13.1 Å². The quantitative estimate of drug-likeness (QED) is 0.859. The fourth-order valence-corrected chi connectivity index (χ4v) is 4.36. The van der Waals surface area contributed by atoms with Crippen molar-refractivity contribution in [3.05, 3.63) is 30.4 Å². The van der Waals surface area contributed by atoms with Crippen LogP contribution in [0.3, 0.4) is 0 Å². The predicted molar refractivity (Wildman–Crippen MR) is 94.8 cm³/mol. The van der Waals surface area contributed by atoms with E-state index >= 15 is 0 Å². The number of aromatic nitrogens is 4. The summed E-state index contributed by atoms with van der Waals surface area (Å²) in [5, 5.41) is 8.87. The summed E-state index contributed by atoms with van der Waals surface area (Å²) in [6.07, 6.45) is 7.43. The number of aryl methyl sites for hydroxylation is 1. The Labute approximate surface area is 148 Å². The molecule has 6 nitrogen and oxygen atoms in total. The summed E-state index contributed by atoms with van der Waals surface area (Å²) in [6, 6.07) is 4.24. The molecule has 2 aliphatic rings. The maximum absolute atomic E-state index is 12.8. The lowest BCUT2D eigenvalue weighted by Crippen LogP contribution is -2.34. The Balaban J connectivity index is 1.64. The highest BCUT2D eigenvalue weighted by Crippen LogP contribution is 2.39. The van der Waals surface area contributed by atoms with Crippen molar-refractivity contribution in [2.24, 2.45) is 11.8 Å². The Bertz CT molecular complexity index is 752. The van der Waals surface area contributed by atoms with Crippen LogP contribution >= 0.6 is 0 Å². The zero-order chi connectivity index (χ0) is 17.4. The molecule has 4 heterocycles. The highest BCUT2D eigenvalue weighted by atomic mass is 16.2. The summed E-state index contributed by atoms with van der Waals surface area (Å²) in [5.41, 5.74) is 1.04. The van der Waals surface area contributed by atoms with Crippen LogP contribution in [0.2, 0.25) is 0 Å². The average Bonchev–Trinajstić information content (AvgIpc) is 3.27. The second-order valence-corrected chi connectivity index (χ2v) is 7.17. The van der Waals surface area contributed by atoms with E-state index in [4.69, 9.17) is 0 Å². The van der Waals surface area contributed by atoms with E-state index in [1.54, 1.807) is 12.4 Å². The third kappa shape index (κ3) is 2.73. The highest BCUT2D eigenvalue weighted by Gasteiger charge is 2.42. The number of hydrogen-bond donors (Lipinski definition) is 0. The number of nitrogens with zero attached hydrogens (tertiary/aromatic N) is 5. The molecule has 0 bridgehead atoms. The maximum Gasteiger partial charge on any atom is 0.225 e. The Hall–Kier alpha value is -2.24. The minimum Gasteiger partial charge on any atom is -0.340 e. The SMILES string of the molecule is CCC(CC)C(=O)N1C[C@H]2CCc3nnc(-c4ccncc4)n3[C@H]2C1. The topological polar surface area (TPSA) is 63.9 Å². The van der Waals surface area contributed by atoms with E-state index in [1.807, 2.05) is 12.1 Å². The first-order chi connectivity index (χ1) is 12.2. The minimum absolute atomic E-state index is 0.153. The molecule has 0 N–H and O–H groups in total. The van der Waals surface area contributed by atoms with E-state index in [-0.39, 0.29) is 5.92 Å². The summed E-state index contributed by atoms with van der Waals surface area (Å²) >= 11 is 0. The second-order valence-electron chi connectivity index (χ2n) is 7.17. The molecule has 0 spiro atoms. The summed E-state index contributed by atoms with van der Waals surface area (Å²) in [4.78, 5) is 19.0. The van der Waals surface area contributed by atoms with Crippen LogP contribution in [-0.4, -0.2) is 43.6 Å². The number of fused-ring (bicyclic) bond motifs is 3. The van der Waals surface area contributed by atoms with Gasteiger partial charge in [-0.25, -0.2) is 0 Å². The van der Waals surface area contributed by atoms with Crippen molar-refractivity contribution in [1.29, 1.82) is 0 Å². The van der Waals surface area contributed by atoms with Crippen LogP contribution in [0.4, 0.5) is 0 Å². The van der Waals surface area contributed by atoms with Crippen molar-refractivity contribution < 1.29 is 4.79 Å². The Morgan fingerprint density at radius 1 is 1.20 bits per heavy atom. The van der Waals surface area contributed by atoms with Crippen LogP contribution in [0, 0.1) is 11.8 Å². The lowest BCUT2D eigenvalue weighted by Gasteiger charge is -2.27. The van der Waals surface area contributed by atoms with Crippen LogP contribution < -0.4 is 0 Å². The van der Waals surface area contributed by atoms with Crippen LogP contribution in [0.1, 0.15) is 45.0 Å². The molecule has 0 aliphatic carbocycles. The number of carbonyl (C=O) groups is 1. The van der Waals surface area contributed by atoms with E-state index < -0.39 is 0 Å². The molecular formula is C19H25N5O. The molecule has 132 valence electrons. The molecule has 1 fully saturated rings. The number of carbonyl (C=O) groups excluding carboxylic acids is 1. The number of likely N-dealkylation sites (tertiary alicyclic amines) is 1. The summed E-state index contributed by atoms with van der Waals surface area (Å²) in [6.45, 7) is 5.86. The van der Waals surface area contributed by atoms with Gasteiger partial charge in [0, 0.05) is 43.4 Å². The fraction of sp³-hybridized carbons (Fsp3) is 0.579. The van der Waals surface area contributed by atoms with Crippen LogP contribution in [0.5, 0.6) is 0 Å². The van der Waals surface area contributed by atoms with Crippen molar-refractivity contribution in [2.45, 2.75) is 45.6 Å². The molecule has 0 radical (unpaired) electrons. The first-order valence-corrected chi connectivity index (χ1v) is 9.35.